The summed E-state index contributed by atoms with van der Waals surface area (Å²) in [5.74, 6) is -2.15. The fraction of sp³-hybridized carbons (Fsp3) is 0.318. The Balaban J connectivity index is 1.51. The Morgan fingerprint density at radius 2 is 1.83 bits per heavy atom. The van der Waals surface area contributed by atoms with Gasteiger partial charge in [-0.3, -0.25) is 14.4 Å². The van der Waals surface area contributed by atoms with Crippen LogP contribution < -0.4 is 10.2 Å². The molecule has 1 N–H and O–H groups in total. The van der Waals surface area contributed by atoms with Crippen LogP contribution in [0.3, 0.4) is 0 Å². The molecule has 1 fully saturated rings. The lowest BCUT2D eigenvalue weighted by molar-refractivity contribution is -0.158. The van der Waals surface area contributed by atoms with E-state index in [1.807, 2.05) is 31.2 Å². The molecule has 0 unspecified atom stereocenters. The van der Waals surface area contributed by atoms with Crippen LogP contribution in [0.5, 0.6) is 0 Å². The van der Waals surface area contributed by atoms with Crippen molar-refractivity contribution in [2.75, 3.05) is 11.4 Å². The number of hydrogen-bond donors (Lipinski definition) is 1. The molecule has 0 aliphatic carbocycles. The van der Waals surface area contributed by atoms with Crippen LogP contribution in [0.1, 0.15) is 24.5 Å². The van der Waals surface area contributed by atoms with Gasteiger partial charge in [0, 0.05) is 25.2 Å². The predicted octanol–water partition coefficient (Wildman–Crippen LogP) is 2.74. The van der Waals surface area contributed by atoms with Crippen LogP contribution in [0.2, 0.25) is 0 Å². The predicted molar refractivity (Wildman–Crippen MR) is 105 cm³/mol. The van der Waals surface area contributed by atoms with E-state index in [2.05, 4.69) is 5.32 Å². The molecule has 1 saturated heterocycles. The number of aryl methyl sites for hydroxylation is 1. The summed E-state index contributed by atoms with van der Waals surface area (Å²) in [6.45, 7) is 3.86. The van der Waals surface area contributed by atoms with E-state index >= 15 is 0 Å². The molecule has 1 heterocycles. The first kappa shape index (κ1) is 20.5. The van der Waals surface area contributed by atoms with E-state index < -0.39 is 23.9 Å². The maximum absolute atomic E-state index is 12.9. The van der Waals surface area contributed by atoms with E-state index in [9.17, 15) is 18.8 Å². The second-order valence-corrected chi connectivity index (χ2v) is 7.16. The summed E-state index contributed by atoms with van der Waals surface area (Å²) in [7, 11) is 0. The van der Waals surface area contributed by atoms with Crippen molar-refractivity contribution in [1.82, 2.24) is 5.32 Å². The molecule has 2 aromatic rings. The fourth-order valence-electron chi connectivity index (χ4n) is 3.10. The van der Waals surface area contributed by atoms with Crippen LogP contribution >= 0.6 is 0 Å². The molecule has 2 amide bonds. The van der Waals surface area contributed by atoms with Crippen molar-refractivity contribution in [3.8, 4) is 0 Å². The molecule has 0 spiro atoms. The second kappa shape index (κ2) is 8.86. The van der Waals surface area contributed by atoms with Crippen LogP contribution in [0.15, 0.2) is 48.5 Å². The summed E-state index contributed by atoms with van der Waals surface area (Å²) in [5.41, 5.74) is 2.55. The topological polar surface area (TPSA) is 75.7 Å². The van der Waals surface area contributed by atoms with Crippen molar-refractivity contribution in [3.05, 3.63) is 65.5 Å². The zero-order valence-corrected chi connectivity index (χ0v) is 16.4. The molecule has 1 aliphatic rings. The summed E-state index contributed by atoms with van der Waals surface area (Å²) in [5, 5.41) is 2.65. The molecule has 2 atom stereocenters. The van der Waals surface area contributed by atoms with Gasteiger partial charge in [-0.05, 0) is 43.7 Å². The Morgan fingerprint density at radius 1 is 1.17 bits per heavy atom. The van der Waals surface area contributed by atoms with E-state index in [0.717, 1.165) is 16.8 Å². The number of hydrogen-bond acceptors (Lipinski definition) is 4. The Morgan fingerprint density at radius 3 is 2.48 bits per heavy atom. The first-order valence-electron chi connectivity index (χ1n) is 9.43. The van der Waals surface area contributed by atoms with Crippen LogP contribution in [0.25, 0.3) is 0 Å². The highest BCUT2D eigenvalue weighted by atomic mass is 19.1. The molecule has 3 rings (SSSR count). The van der Waals surface area contributed by atoms with E-state index in [0.29, 0.717) is 0 Å². The zero-order chi connectivity index (χ0) is 21.0. The molecule has 6 nitrogen and oxygen atoms in total. The van der Waals surface area contributed by atoms with Crippen LogP contribution in [-0.4, -0.2) is 30.4 Å². The van der Waals surface area contributed by atoms with E-state index in [1.165, 1.54) is 19.1 Å². The van der Waals surface area contributed by atoms with Crippen molar-refractivity contribution in [3.63, 3.8) is 0 Å². The van der Waals surface area contributed by atoms with Crippen molar-refractivity contribution in [1.29, 1.82) is 0 Å². The van der Waals surface area contributed by atoms with Gasteiger partial charge in [-0.25, -0.2) is 4.39 Å². The third kappa shape index (κ3) is 5.19. The molecule has 29 heavy (non-hydrogen) atoms. The molecule has 7 heteroatoms. The van der Waals surface area contributed by atoms with E-state index in [4.69, 9.17) is 4.74 Å². The van der Waals surface area contributed by atoms with Gasteiger partial charge in [0.15, 0.2) is 6.10 Å². The Hall–Kier alpha value is -3.22. The highest BCUT2D eigenvalue weighted by Crippen LogP contribution is 2.26. The maximum atomic E-state index is 12.9. The van der Waals surface area contributed by atoms with E-state index in [1.54, 1.807) is 17.0 Å². The number of nitrogens with one attached hydrogen (secondary N) is 1. The monoisotopic (exact) mass is 398 g/mol. The van der Waals surface area contributed by atoms with Gasteiger partial charge in [-0.2, -0.15) is 0 Å². The van der Waals surface area contributed by atoms with Gasteiger partial charge in [0.05, 0.1) is 5.92 Å². The standard InChI is InChI=1S/C22H23FN2O4/c1-14-3-9-19(10-4-14)25-13-17(11-20(25)26)22(28)29-15(2)21(27)24-12-16-5-7-18(23)8-6-16/h3-10,15,17H,11-13H2,1-2H3,(H,24,27)/t15-,17-/m1/s1. The van der Waals surface area contributed by atoms with Crippen LogP contribution in [-0.2, 0) is 25.7 Å². The molecular weight excluding hydrogens is 375 g/mol. The van der Waals surface area contributed by atoms with Gasteiger partial charge in [-0.1, -0.05) is 29.8 Å². The highest BCUT2D eigenvalue weighted by Gasteiger charge is 2.37. The highest BCUT2D eigenvalue weighted by molar-refractivity contribution is 5.99. The fourth-order valence-corrected chi connectivity index (χ4v) is 3.10. The number of halogens is 1. The Kier molecular flexibility index (Phi) is 6.26. The average Bonchev–Trinajstić information content (AvgIpc) is 3.09. The number of nitrogens with zero attached hydrogens (tertiary/aromatic N) is 1. The van der Waals surface area contributed by atoms with Crippen LogP contribution in [0, 0.1) is 18.7 Å². The summed E-state index contributed by atoms with van der Waals surface area (Å²) >= 11 is 0. The summed E-state index contributed by atoms with van der Waals surface area (Å²) in [6, 6.07) is 13.2. The first-order valence-corrected chi connectivity index (χ1v) is 9.43. The van der Waals surface area contributed by atoms with Gasteiger partial charge in [-0.15, -0.1) is 0 Å². The summed E-state index contributed by atoms with van der Waals surface area (Å²) < 4.78 is 18.2. The quantitative estimate of drug-likeness (QED) is 0.760. The lowest BCUT2D eigenvalue weighted by Crippen LogP contribution is -2.37. The van der Waals surface area contributed by atoms with Gasteiger partial charge in [0.2, 0.25) is 5.91 Å². The molecule has 0 saturated carbocycles. The number of carbonyl (C=O) groups excluding carboxylic acids is 3. The largest absolute Gasteiger partial charge is 0.452 e. The molecule has 0 bridgehead atoms. The molecule has 0 radical (unpaired) electrons. The minimum absolute atomic E-state index is 0.0522. The van der Waals surface area contributed by atoms with Gasteiger partial charge < -0.3 is 15.0 Å². The molecule has 152 valence electrons. The number of rotatable bonds is 6. The third-order valence-electron chi connectivity index (χ3n) is 4.85. The lowest BCUT2D eigenvalue weighted by atomic mass is 10.1. The molecule has 1 aliphatic heterocycles. The summed E-state index contributed by atoms with van der Waals surface area (Å²) in [4.78, 5) is 38.5. The van der Waals surface area contributed by atoms with E-state index in [-0.39, 0.29) is 31.2 Å². The van der Waals surface area contributed by atoms with Gasteiger partial charge in [0.1, 0.15) is 5.82 Å². The van der Waals surface area contributed by atoms with Gasteiger partial charge >= 0.3 is 5.97 Å². The zero-order valence-electron chi connectivity index (χ0n) is 16.4. The average molecular weight is 398 g/mol. The first-order chi connectivity index (χ1) is 13.8. The number of benzene rings is 2. The minimum atomic E-state index is -0.994. The molecular formula is C22H23FN2O4. The van der Waals surface area contributed by atoms with Gasteiger partial charge in [0.25, 0.3) is 5.91 Å². The van der Waals surface area contributed by atoms with Crippen molar-refractivity contribution < 1.29 is 23.5 Å². The third-order valence-corrected chi connectivity index (χ3v) is 4.85. The van der Waals surface area contributed by atoms with Crippen molar-refractivity contribution in [2.24, 2.45) is 5.92 Å². The number of carbonyl (C=O) groups is 3. The minimum Gasteiger partial charge on any atom is -0.452 e. The maximum Gasteiger partial charge on any atom is 0.312 e. The van der Waals surface area contributed by atoms with Crippen molar-refractivity contribution in [2.45, 2.75) is 32.9 Å². The number of amides is 2. The SMILES string of the molecule is Cc1ccc(N2C[C@H](C(=O)O[C@H](C)C(=O)NCc3ccc(F)cc3)CC2=O)cc1. The molecule has 2 aromatic carbocycles. The van der Waals surface area contributed by atoms with Crippen LogP contribution in [0.4, 0.5) is 10.1 Å². The second-order valence-electron chi connectivity index (χ2n) is 7.16. The number of anilines is 1. The number of ether oxygens (including phenoxy) is 1. The number of esters is 1. The Labute approximate surface area is 168 Å². The normalized spacial score (nSPS) is 17.1. The lowest BCUT2D eigenvalue weighted by Gasteiger charge is -2.18. The summed E-state index contributed by atoms with van der Waals surface area (Å²) in [6.07, 6.45) is -0.942. The Bertz CT molecular complexity index is 896. The van der Waals surface area contributed by atoms with Crippen molar-refractivity contribution >= 4 is 23.5 Å². The molecule has 0 aromatic heterocycles. The smallest absolute Gasteiger partial charge is 0.312 e.